The van der Waals surface area contributed by atoms with Gasteiger partial charge in [-0.05, 0) is 69.5 Å². The van der Waals surface area contributed by atoms with Crippen molar-refractivity contribution in [2.24, 2.45) is 5.92 Å². The Labute approximate surface area is 197 Å². The van der Waals surface area contributed by atoms with E-state index < -0.39 is 15.9 Å². The quantitative estimate of drug-likeness (QED) is 0.571. The number of benzene rings is 2. The van der Waals surface area contributed by atoms with Gasteiger partial charge < -0.3 is 9.47 Å². The molecule has 2 aliphatic rings. The molecule has 0 bridgehead atoms. The summed E-state index contributed by atoms with van der Waals surface area (Å²) >= 11 is 3.26. The highest BCUT2D eigenvalue weighted by Crippen LogP contribution is 2.51. The van der Waals surface area contributed by atoms with Crippen LogP contribution in [0, 0.1) is 5.92 Å². The number of fused-ring (bicyclic) bond motifs is 3. The fourth-order valence-corrected chi connectivity index (χ4v) is 6.23. The van der Waals surface area contributed by atoms with Crippen LogP contribution in [0.1, 0.15) is 68.5 Å². The normalized spacial score (nSPS) is 24.1. The third-order valence-corrected chi connectivity index (χ3v) is 8.11. The standard InChI is InChI=1S/C24H28BrNO5S/c1-4-6-17-10-11-20-22(30-17)19-13-15(9-12-21(19)31-24(20,2)3)23(27)26-32(28,29)18-8-5-7-16(25)14-18/h5,7-9,12-14,17,20,22H,4,6,10-11H2,1-3H3,(H,26,27)/t17-,20-,22+/m1/s1. The fraction of sp³-hybridized carbons (Fsp3) is 0.458. The highest BCUT2D eigenvalue weighted by Gasteiger charge is 2.47. The molecule has 32 heavy (non-hydrogen) atoms. The number of sulfonamides is 1. The average Bonchev–Trinajstić information content (AvgIpc) is 2.73. The van der Waals surface area contributed by atoms with E-state index in [-0.39, 0.29) is 34.2 Å². The third-order valence-electron chi connectivity index (χ3n) is 6.29. The van der Waals surface area contributed by atoms with Crippen molar-refractivity contribution >= 4 is 31.9 Å². The Morgan fingerprint density at radius 3 is 2.69 bits per heavy atom. The molecular weight excluding hydrogens is 494 g/mol. The van der Waals surface area contributed by atoms with Gasteiger partial charge in [0.05, 0.1) is 17.1 Å². The number of nitrogens with one attached hydrogen (secondary N) is 1. The second kappa shape index (κ2) is 8.80. The first-order valence-electron chi connectivity index (χ1n) is 10.9. The molecule has 1 amide bonds. The molecule has 3 atom stereocenters. The first-order chi connectivity index (χ1) is 15.1. The van der Waals surface area contributed by atoms with Gasteiger partial charge in [0.25, 0.3) is 15.9 Å². The predicted octanol–water partition coefficient (Wildman–Crippen LogP) is 5.38. The molecule has 4 rings (SSSR count). The molecule has 2 aromatic rings. The predicted molar refractivity (Wildman–Crippen MR) is 125 cm³/mol. The summed E-state index contributed by atoms with van der Waals surface area (Å²) in [4.78, 5) is 12.9. The zero-order chi connectivity index (χ0) is 23.1. The van der Waals surface area contributed by atoms with Gasteiger partial charge in [0.1, 0.15) is 11.4 Å². The van der Waals surface area contributed by atoms with Crippen LogP contribution >= 0.6 is 15.9 Å². The van der Waals surface area contributed by atoms with Gasteiger partial charge in [0.15, 0.2) is 0 Å². The first kappa shape index (κ1) is 23.3. The summed E-state index contributed by atoms with van der Waals surface area (Å²) in [5, 5.41) is 0. The van der Waals surface area contributed by atoms with Gasteiger partial charge in [-0.3, -0.25) is 4.79 Å². The minimum Gasteiger partial charge on any atom is -0.487 e. The number of halogens is 1. The number of hydrogen-bond acceptors (Lipinski definition) is 5. The molecule has 0 aromatic heterocycles. The summed E-state index contributed by atoms with van der Waals surface area (Å²) in [5.41, 5.74) is 0.677. The molecule has 172 valence electrons. The Morgan fingerprint density at radius 2 is 1.97 bits per heavy atom. The molecule has 8 heteroatoms. The van der Waals surface area contributed by atoms with Crippen molar-refractivity contribution in [2.75, 3.05) is 0 Å². The lowest BCUT2D eigenvalue weighted by atomic mass is 9.74. The molecule has 0 radical (unpaired) electrons. The van der Waals surface area contributed by atoms with E-state index >= 15 is 0 Å². The second-order valence-corrected chi connectivity index (χ2v) is 11.6. The Morgan fingerprint density at radius 1 is 1.19 bits per heavy atom. The first-order valence-corrected chi connectivity index (χ1v) is 13.2. The zero-order valence-electron chi connectivity index (χ0n) is 18.4. The molecule has 1 saturated heterocycles. The minimum absolute atomic E-state index is 0.0151. The van der Waals surface area contributed by atoms with Crippen molar-refractivity contribution in [3.05, 3.63) is 58.1 Å². The summed E-state index contributed by atoms with van der Waals surface area (Å²) in [5.74, 6) is 0.154. The van der Waals surface area contributed by atoms with Crippen molar-refractivity contribution in [1.82, 2.24) is 4.72 Å². The van der Waals surface area contributed by atoms with E-state index in [1.54, 1.807) is 30.3 Å². The maximum Gasteiger partial charge on any atom is 0.265 e. The van der Waals surface area contributed by atoms with Crippen LogP contribution in [0.2, 0.25) is 0 Å². The van der Waals surface area contributed by atoms with Crippen molar-refractivity contribution in [2.45, 2.75) is 69.2 Å². The Balaban J connectivity index is 1.63. The topological polar surface area (TPSA) is 81.7 Å². The molecule has 6 nitrogen and oxygen atoms in total. The smallest absolute Gasteiger partial charge is 0.265 e. The average molecular weight is 522 g/mol. The van der Waals surface area contributed by atoms with E-state index in [1.165, 1.54) is 12.1 Å². The number of carbonyl (C=O) groups is 1. The van der Waals surface area contributed by atoms with Gasteiger partial charge in [0.2, 0.25) is 0 Å². The largest absolute Gasteiger partial charge is 0.487 e. The molecule has 2 heterocycles. The summed E-state index contributed by atoms with van der Waals surface area (Å²) in [7, 11) is -4.00. The summed E-state index contributed by atoms with van der Waals surface area (Å²) in [6.45, 7) is 6.29. The number of carbonyl (C=O) groups excluding carboxylic acids is 1. The van der Waals surface area contributed by atoms with Crippen LogP contribution in [0.3, 0.4) is 0 Å². The van der Waals surface area contributed by atoms with Gasteiger partial charge in [-0.1, -0.05) is 35.3 Å². The zero-order valence-corrected chi connectivity index (χ0v) is 20.8. The molecule has 2 aliphatic heterocycles. The SMILES string of the molecule is CCC[C@@H]1CC[C@@H]2[C@@H](O1)c1cc(C(=O)NS(=O)(=O)c3cccc(Br)c3)ccc1OC2(C)C. The maximum atomic E-state index is 12.9. The van der Waals surface area contributed by atoms with Crippen molar-refractivity contribution in [3.8, 4) is 5.75 Å². The van der Waals surface area contributed by atoms with E-state index in [1.807, 2.05) is 0 Å². The lowest BCUT2D eigenvalue weighted by molar-refractivity contribution is -0.151. The number of hydrogen-bond donors (Lipinski definition) is 1. The molecule has 2 aromatic carbocycles. The number of amides is 1. The van der Waals surface area contributed by atoms with Crippen molar-refractivity contribution < 1.29 is 22.7 Å². The lowest BCUT2D eigenvalue weighted by Crippen LogP contribution is -2.48. The van der Waals surface area contributed by atoms with Crippen LogP contribution in [0.25, 0.3) is 0 Å². The van der Waals surface area contributed by atoms with Crippen molar-refractivity contribution in [3.63, 3.8) is 0 Å². The van der Waals surface area contributed by atoms with Crippen LogP contribution in [0.4, 0.5) is 0 Å². The molecule has 0 spiro atoms. The monoisotopic (exact) mass is 521 g/mol. The van der Waals surface area contributed by atoms with Crippen LogP contribution in [-0.4, -0.2) is 26.0 Å². The van der Waals surface area contributed by atoms with Crippen LogP contribution in [0.15, 0.2) is 51.8 Å². The van der Waals surface area contributed by atoms with Gasteiger partial charge >= 0.3 is 0 Å². The van der Waals surface area contributed by atoms with E-state index in [4.69, 9.17) is 9.47 Å². The van der Waals surface area contributed by atoms with Gasteiger partial charge in [-0.15, -0.1) is 0 Å². The van der Waals surface area contributed by atoms with Gasteiger partial charge in [-0.25, -0.2) is 13.1 Å². The van der Waals surface area contributed by atoms with Crippen LogP contribution in [-0.2, 0) is 14.8 Å². The number of ether oxygens (including phenoxy) is 2. The highest BCUT2D eigenvalue weighted by atomic mass is 79.9. The molecule has 0 unspecified atom stereocenters. The maximum absolute atomic E-state index is 12.9. The van der Waals surface area contributed by atoms with E-state index in [0.29, 0.717) is 10.2 Å². The highest BCUT2D eigenvalue weighted by molar-refractivity contribution is 9.10. The van der Waals surface area contributed by atoms with E-state index in [9.17, 15) is 13.2 Å². The molecule has 0 aliphatic carbocycles. The summed E-state index contributed by atoms with van der Waals surface area (Å²) in [6, 6.07) is 11.3. The summed E-state index contributed by atoms with van der Waals surface area (Å²) < 4.78 is 40.9. The fourth-order valence-electron chi connectivity index (χ4n) is 4.66. The molecule has 0 saturated carbocycles. The molecular formula is C24H28BrNO5S. The van der Waals surface area contributed by atoms with Gasteiger partial charge in [0, 0.05) is 21.5 Å². The Kier molecular flexibility index (Phi) is 6.40. The van der Waals surface area contributed by atoms with Crippen molar-refractivity contribution in [1.29, 1.82) is 0 Å². The Bertz CT molecular complexity index is 1130. The Hall–Kier alpha value is -1.90. The van der Waals surface area contributed by atoms with Crippen LogP contribution < -0.4 is 9.46 Å². The lowest BCUT2D eigenvalue weighted by Gasteiger charge is -2.48. The molecule has 1 fully saturated rings. The molecule has 1 N–H and O–H groups in total. The van der Waals surface area contributed by atoms with Gasteiger partial charge in [-0.2, -0.15) is 0 Å². The van der Waals surface area contributed by atoms with E-state index in [0.717, 1.165) is 31.2 Å². The van der Waals surface area contributed by atoms with E-state index in [2.05, 4.69) is 41.4 Å². The minimum atomic E-state index is -4.00. The van der Waals surface area contributed by atoms with Crippen LogP contribution in [0.5, 0.6) is 5.75 Å². The third kappa shape index (κ3) is 4.58. The summed E-state index contributed by atoms with van der Waals surface area (Å²) in [6.07, 6.45) is 4.00. The number of rotatable bonds is 5. The second-order valence-electron chi connectivity index (χ2n) is 9.00.